The third-order valence-corrected chi connectivity index (χ3v) is 3.19. The number of benzene rings is 2. The van der Waals surface area contributed by atoms with E-state index in [1.807, 2.05) is 0 Å². The van der Waals surface area contributed by atoms with Crippen LogP contribution in [0.4, 0.5) is 5.69 Å². The lowest BCUT2D eigenvalue weighted by Crippen LogP contribution is -2.05. The van der Waals surface area contributed by atoms with Crippen LogP contribution in [0.25, 0.3) is 0 Å². The van der Waals surface area contributed by atoms with Crippen LogP contribution in [0.15, 0.2) is 41.4 Å². The SMILES string of the molecule is COc1ccc(O)c(C=NCC(=O)c2cc([N+](=O)[O-])ccc2O)c1. The summed E-state index contributed by atoms with van der Waals surface area (Å²) in [5, 5.41) is 30.1. The molecule has 0 radical (unpaired) electrons. The third-order valence-electron chi connectivity index (χ3n) is 3.19. The Morgan fingerprint density at radius 2 is 1.96 bits per heavy atom. The molecule has 8 nitrogen and oxygen atoms in total. The lowest BCUT2D eigenvalue weighted by Gasteiger charge is -2.03. The zero-order valence-electron chi connectivity index (χ0n) is 12.7. The first-order valence-electron chi connectivity index (χ1n) is 6.80. The van der Waals surface area contributed by atoms with Crippen LogP contribution in [-0.4, -0.2) is 40.8 Å². The number of methoxy groups -OCH3 is 1. The number of Topliss-reactive ketones (excluding diaryl/α,β-unsaturated/α-hetero) is 1. The lowest BCUT2D eigenvalue weighted by atomic mass is 10.1. The molecule has 0 fully saturated rings. The number of phenols is 2. The zero-order valence-corrected chi connectivity index (χ0v) is 12.7. The molecule has 0 bridgehead atoms. The third kappa shape index (κ3) is 3.86. The highest BCUT2D eigenvalue weighted by Gasteiger charge is 2.15. The Kier molecular flexibility index (Phi) is 5.10. The van der Waals surface area contributed by atoms with Crippen LogP contribution in [0.1, 0.15) is 15.9 Å². The van der Waals surface area contributed by atoms with Gasteiger partial charge in [0.1, 0.15) is 23.8 Å². The summed E-state index contributed by atoms with van der Waals surface area (Å²) in [5.74, 6) is -0.470. The van der Waals surface area contributed by atoms with E-state index in [1.54, 1.807) is 6.07 Å². The summed E-state index contributed by atoms with van der Waals surface area (Å²) in [4.78, 5) is 26.0. The Hall–Kier alpha value is -3.42. The lowest BCUT2D eigenvalue weighted by molar-refractivity contribution is -0.384. The molecule has 2 aromatic carbocycles. The van der Waals surface area contributed by atoms with E-state index in [4.69, 9.17) is 4.74 Å². The number of aromatic hydroxyl groups is 2. The van der Waals surface area contributed by atoms with Crippen molar-refractivity contribution in [2.24, 2.45) is 4.99 Å². The van der Waals surface area contributed by atoms with Crippen LogP contribution in [0.2, 0.25) is 0 Å². The molecule has 2 rings (SSSR count). The summed E-state index contributed by atoms with van der Waals surface area (Å²) in [7, 11) is 1.47. The number of hydrogen-bond donors (Lipinski definition) is 2. The minimum Gasteiger partial charge on any atom is -0.507 e. The molecule has 0 aliphatic heterocycles. The van der Waals surface area contributed by atoms with Crippen LogP contribution in [0.3, 0.4) is 0 Å². The Morgan fingerprint density at radius 3 is 2.62 bits per heavy atom. The van der Waals surface area contributed by atoms with Gasteiger partial charge in [-0.3, -0.25) is 19.9 Å². The van der Waals surface area contributed by atoms with Gasteiger partial charge in [-0.05, 0) is 24.3 Å². The van der Waals surface area contributed by atoms with Crippen LogP contribution in [0, 0.1) is 10.1 Å². The Morgan fingerprint density at radius 1 is 1.25 bits per heavy atom. The van der Waals surface area contributed by atoms with Crippen molar-refractivity contribution in [3.05, 3.63) is 57.6 Å². The number of nitro benzene ring substituents is 1. The van der Waals surface area contributed by atoms with Gasteiger partial charge in [-0.1, -0.05) is 0 Å². The molecule has 0 heterocycles. The van der Waals surface area contributed by atoms with Gasteiger partial charge >= 0.3 is 0 Å². The van der Waals surface area contributed by atoms with Crippen LogP contribution in [0.5, 0.6) is 17.2 Å². The predicted molar refractivity (Wildman–Crippen MR) is 86.2 cm³/mol. The fraction of sp³-hybridized carbons (Fsp3) is 0.125. The molecule has 8 heteroatoms. The van der Waals surface area contributed by atoms with Crippen molar-refractivity contribution in [2.75, 3.05) is 13.7 Å². The molecule has 0 aliphatic carbocycles. The summed E-state index contributed by atoms with van der Waals surface area (Å²) in [6.07, 6.45) is 1.28. The summed E-state index contributed by atoms with van der Waals surface area (Å²) in [6.45, 7) is -0.342. The number of carbonyl (C=O) groups excluding carboxylic acids is 1. The molecule has 0 saturated carbocycles. The number of phenolic OH excluding ortho intramolecular Hbond substituents is 2. The standard InChI is InChI=1S/C16H14N2O6/c1-24-12-3-5-14(19)10(6-12)8-17-9-16(21)13-7-11(18(22)23)2-4-15(13)20/h2-8,19-20H,9H2,1H3. The quantitative estimate of drug-likeness (QED) is 0.363. The van der Waals surface area contributed by atoms with E-state index in [-0.39, 0.29) is 29.3 Å². The topological polar surface area (TPSA) is 122 Å². The largest absolute Gasteiger partial charge is 0.507 e. The van der Waals surface area contributed by atoms with Gasteiger partial charge in [-0.15, -0.1) is 0 Å². The molecular weight excluding hydrogens is 316 g/mol. The second-order valence-corrected chi connectivity index (χ2v) is 4.78. The molecule has 0 amide bonds. The number of ketones is 1. The van der Waals surface area contributed by atoms with E-state index in [9.17, 15) is 25.1 Å². The average molecular weight is 330 g/mol. The fourth-order valence-electron chi connectivity index (χ4n) is 1.94. The molecule has 2 aromatic rings. The number of ether oxygens (including phenoxy) is 1. The molecule has 124 valence electrons. The summed E-state index contributed by atoms with van der Waals surface area (Å²) in [5.41, 5.74) is -0.132. The fourth-order valence-corrected chi connectivity index (χ4v) is 1.94. The monoisotopic (exact) mass is 330 g/mol. The van der Waals surface area contributed by atoms with Crippen molar-refractivity contribution in [1.82, 2.24) is 0 Å². The second-order valence-electron chi connectivity index (χ2n) is 4.78. The molecule has 24 heavy (non-hydrogen) atoms. The minimum atomic E-state index is -0.659. The number of non-ortho nitro benzene ring substituents is 1. The second kappa shape index (κ2) is 7.23. The van der Waals surface area contributed by atoms with Crippen molar-refractivity contribution < 1.29 is 24.7 Å². The van der Waals surface area contributed by atoms with Crippen molar-refractivity contribution in [1.29, 1.82) is 0 Å². The number of rotatable bonds is 6. The first-order valence-corrected chi connectivity index (χ1v) is 6.80. The number of hydrogen-bond acceptors (Lipinski definition) is 7. The highest BCUT2D eigenvalue weighted by Crippen LogP contribution is 2.24. The van der Waals surface area contributed by atoms with Crippen LogP contribution in [-0.2, 0) is 0 Å². The first-order chi connectivity index (χ1) is 11.4. The molecule has 0 aromatic heterocycles. The molecule has 0 spiro atoms. The van der Waals surface area contributed by atoms with E-state index in [0.717, 1.165) is 18.2 Å². The first kappa shape index (κ1) is 16.9. The number of aliphatic imine (C=N–C) groups is 1. The summed E-state index contributed by atoms with van der Waals surface area (Å²) in [6, 6.07) is 7.71. The van der Waals surface area contributed by atoms with E-state index in [2.05, 4.69) is 4.99 Å². The zero-order chi connectivity index (χ0) is 17.7. The van der Waals surface area contributed by atoms with E-state index in [1.165, 1.54) is 25.5 Å². The molecule has 0 atom stereocenters. The van der Waals surface area contributed by atoms with Gasteiger partial charge in [0.25, 0.3) is 5.69 Å². The molecule has 0 saturated heterocycles. The Labute approximate surface area is 136 Å². The van der Waals surface area contributed by atoms with Crippen LogP contribution >= 0.6 is 0 Å². The highest BCUT2D eigenvalue weighted by atomic mass is 16.6. The van der Waals surface area contributed by atoms with Crippen LogP contribution < -0.4 is 4.74 Å². The van der Waals surface area contributed by atoms with Crippen molar-refractivity contribution >= 4 is 17.7 Å². The van der Waals surface area contributed by atoms with Crippen molar-refractivity contribution in [3.63, 3.8) is 0 Å². The predicted octanol–water partition coefficient (Wildman–Crippen LogP) is 2.32. The van der Waals surface area contributed by atoms with Gasteiger partial charge in [0.15, 0.2) is 5.78 Å². The molecule has 0 unspecified atom stereocenters. The van der Waals surface area contributed by atoms with Gasteiger partial charge in [0.2, 0.25) is 0 Å². The molecular formula is C16H14N2O6. The Balaban J connectivity index is 2.16. The van der Waals surface area contributed by atoms with Gasteiger partial charge in [-0.25, -0.2) is 0 Å². The number of nitrogens with zero attached hydrogens (tertiary/aromatic N) is 2. The van der Waals surface area contributed by atoms with E-state index < -0.39 is 10.7 Å². The maximum atomic E-state index is 12.1. The highest BCUT2D eigenvalue weighted by molar-refractivity contribution is 6.01. The maximum Gasteiger partial charge on any atom is 0.270 e. The van der Waals surface area contributed by atoms with E-state index >= 15 is 0 Å². The Bertz CT molecular complexity index is 816. The van der Waals surface area contributed by atoms with E-state index in [0.29, 0.717) is 11.3 Å². The van der Waals surface area contributed by atoms with Crippen molar-refractivity contribution in [3.8, 4) is 17.2 Å². The normalized spacial score (nSPS) is 10.7. The molecule has 2 N–H and O–H groups in total. The van der Waals surface area contributed by atoms with Gasteiger partial charge < -0.3 is 14.9 Å². The maximum absolute atomic E-state index is 12.1. The van der Waals surface area contributed by atoms with Crippen molar-refractivity contribution in [2.45, 2.75) is 0 Å². The van der Waals surface area contributed by atoms with Gasteiger partial charge in [0, 0.05) is 23.9 Å². The minimum absolute atomic E-state index is 0.0369. The number of nitro groups is 1. The van der Waals surface area contributed by atoms with Gasteiger partial charge in [0.05, 0.1) is 17.6 Å². The summed E-state index contributed by atoms with van der Waals surface area (Å²) >= 11 is 0. The summed E-state index contributed by atoms with van der Waals surface area (Å²) < 4.78 is 5.02. The van der Waals surface area contributed by atoms with Gasteiger partial charge in [-0.2, -0.15) is 0 Å². The number of carbonyl (C=O) groups is 1. The smallest absolute Gasteiger partial charge is 0.270 e. The average Bonchev–Trinajstić information content (AvgIpc) is 2.56. The molecule has 0 aliphatic rings.